The van der Waals surface area contributed by atoms with Crippen molar-refractivity contribution in [1.82, 2.24) is 14.9 Å². The molecule has 204 valence electrons. The van der Waals surface area contributed by atoms with Crippen molar-refractivity contribution in [3.05, 3.63) is 83.6 Å². The minimum atomic E-state index is -0.421. The van der Waals surface area contributed by atoms with Crippen molar-refractivity contribution >= 4 is 34.7 Å². The highest BCUT2D eigenvalue weighted by molar-refractivity contribution is 6.04. The molecular formula is C31H36FN5O2. The van der Waals surface area contributed by atoms with Crippen molar-refractivity contribution in [3.8, 4) is 0 Å². The van der Waals surface area contributed by atoms with Gasteiger partial charge >= 0.3 is 6.09 Å². The van der Waals surface area contributed by atoms with E-state index in [9.17, 15) is 9.18 Å². The molecule has 0 aliphatic carbocycles. The molecule has 0 saturated heterocycles. The topological polar surface area (TPSA) is 80.9 Å². The number of unbranched alkanes of at least 4 members (excludes halogenated alkanes) is 1. The summed E-state index contributed by atoms with van der Waals surface area (Å²) >= 11 is 0. The van der Waals surface area contributed by atoms with E-state index in [0.717, 1.165) is 47.1 Å². The standard InChI is InChI=1S/C31H36FN5O2/c1-20(2)37-19-35-28-14-13-24(16-29(28)37)17-34-31(38)39-15-9-8-10-25-18-33-30(21(25)3)23(5)36-22(4)26-11-6-7-12-27(26)32/h6-7,11-14,16,18-20,25H,4,8-10,15,17H2,1-3,5H3,(H,34,38). The van der Waals surface area contributed by atoms with Crippen LogP contribution in [0.25, 0.3) is 16.7 Å². The highest BCUT2D eigenvalue weighted by atomic mass is 19.1. The highest BCUT2D eigenvalue weighted by Crippen LogP contribution is 2.28. The molecule has 1 aromatic heterocycles. The number of carbonyl (C=O) groups is 1. The number of amides is 1. The molecule has 1 N–H and O–H groups in total. The molecule has 0 fully saturated rings. The SMILES string of the molecule is C=C(N=C(C)C1=C(C)C(CCCCOC(=O)NCc2ccc3ncn(C(C)C)c3c2)C=N1)c1ccccc1F. The van der Waals surface area contributed by atoms with Gasteiger partial charge in [0.25, 0.3) is 0 Å². The second-order valence-corrected chi connectivity index (χ2v) is 10.1. The fourth-order valence-corrected chi connectivity index (χ4v) is 4.68. The number of imidazole rings is 1. The molecule has 2 aromatic carbocycles. The Morgan fingerprint density at radius 1 is 1.23 bits per heavy atom. The lowest BCUT2D eigenvalue weighted by molar-refractivity contribution is 0.143. The van der Waals surface area contributed by atoms with Crippen LogP contribution in [0.3, 0.4) is 0 Å². The summed E-state index contributed by atoms with van der Waals surface area (Å²) in [6.45, 7) is 12.8. The Labute approximate surface area is 229 Å². The molecule has 1 atom stereocenters. The molecule has 2 heterocycles. The van der Waals surface area contributed by atoms with Crippen LogP contribution in [-0.2, 0) is 11.3 Å². The number of nitrogens with zero attached hydrogens (tertiary/aromatic N) is 4. The second-order valence-electron chi connectivity index (χ2n) is 10.1. The lowest BCUT2D eigenvalue weighted by Gasteiger charge is -2.11. The van der Waals surface area contributed by atoms with Crippen molar-refractivity contribution in [2.45, 2.75) is 59.5 Å². The number of rotatable bonds is 11. The van der Waals surface area contributed by atoms with E-state index in [4.69, 9.17) is 4.74 Å². The lowest BCUT2D eigenvalue weighted by atomic mass is 9.95. The third-order valence-corrected chi connectivity index (χ3v) is 6.92. The number of aliphatic imine (C=N–C) groups is 2. The molecule has 39 heavy (non-hydrogen) atoms. The van der Waals surface area contributed by atoms with Gasteiger partial charge in [-0.2, -0.15) is 0 Å². The first-order valence-electron chi connectivity index (χ1n) is 13.3. The normalized spacial score (nSPS) is 15.4. The number of ether oxygens (including phenoxy) is 1. The van der Waals surface area contributed by atoms with Crippen molar-refractivity contribution in [2.24, 2.45) is 15.9 Å². The van der Waals surface area contributed by atoms with Gasteiger partial charge in [0.15, 0.2) is 0 Å². The van der Waals surface area contributed by atoms with E-state index >= 15 is 0 Å². The molecule has 7 nitrogen and oxygen atoms in total. The van der Waals surface area contributed by atoms with Gasteiger partial charge in [-0.25, -0.2) is 14.2 Å². The van der Waals surface area contributed by atoms with Crippen molar-refractivity contribution in [2.75, 3.05) is 6.61 Å². The third kappa shape index (κ3) is 6.88. The molecule has 8 heteroatoms. The lowest BCUT2D eigenvalue weighted by Crippen LogP contribution is -2.24. The average Bonchev–Trinajstić information content (AvgIpc) is 3.50. The predicted octanol–water partition coefficient (Wildman–Crippen LogP) is 7.26. The molecule has 1 aliphatic rings. The van der Waals surface area contributed by atoms with Crippen molar-refractivity contribution in [3.63, 3.8) is 0 Å². The quantitative estimate of drug-likeness (QED) is 0.210. The van der Waals surface area contributed by atoms with Crippen LogP contribution < -0.4 is 5.32 Å². The summed E-state index contributed by atoms with van der Waals surface area (Å²) in [5.41, 5.74) is 6.42. The number of hydrogen-bond acceptors (Lipinski definition) is 5. The monoisotopic (exact) mass is 529 g/mol. The summed E-state index contributed by atoms with van der Waals surface area (Å²) in [4.78, 5) is 25.7. The maximum absolute atomic E-state index is 14.0. The molecule has 0 saturated carbocycles. The van der Waals surface area contributed by atoms with Gasteiger partial charge in [-0.15, -0.1) is 0 Å². The van der Waals surface area contributed by atoms with Crippen LogP contribution in [-0.4, -0.2) is 34.2 Å². The molecule has 3 aromatic rings. The Bertz CT molecular complexity index is 1450. The van der Waals surface area contributed by atoms with Gasteiger partial charge in [0, 0.05) is 30.3 Å². The summed E-state index contributed by atoms with van der Waals surface area (Å²) < 4.78 is 21.5. The van der Waals surface area contributed by atoms with E-state index in [0.29, 0.717) is 36.2 Å². The molecule has 4 rings (SSSR count). The van der Waals surface area contributed by atoms with Crippen LogP contribution in [0.4, 0.5) is 9.18 Å². The number of hydrogen-bond donors (Lipinski definition) is 1. The number of halogens is 1. The molecule has 1 aliphatic heterocycles. The predicted molar refractivity (Wildman–Crippen MR) is 155 cm³/mol. The first-order valence-corrected chi connectivity index (χ1v) is 13.3. The summed E-state index contributed by atoms with van der Waals surface area (Å²) in [6.07, 6.45) is 5.91. The average molecular weight is 530 g/mol. The van der Waals surface area contributed by atoms with E-state index < -0.39 is 6.09 Å². The Kier molecular flexibility index (Phi) is 9.07. The Morgan fingerprint density at radius 2 is 2.03 bits per heavy atom. The molecule has 0 spiro atoms. The van der Waals surface area contributed by atoms with Crippen LogP contribution >= 0.6 is 0 Å². The van der Waals surface area contributed by atoms with Gasteiger partial charge in [0.1, 0.15) is 5.82 Å². The van der Waals surface area contributed by atoms with Crippen LogP contribution in [0.2, 0.25) is 0 Å². The number of allylic oxidation sites excluding steroid dienone is 2. The largest absolute Gasteiger partial charge is 0.450 e. The Hall–Kier alpha value is -4.07. The van der Waals surface area contributed by atoms with E-state index in [2.05, 4.69) is 51.3 Å². The maximum Gasteiger partial charge on any atom is 0.407 e. The summed E-state index contributed by atoms with van der Waals surface area (Å²) in [6, 6.07) is 12.8. The number of nitrogens with one attached hydrogen (secondary N) is 1. The number of benzene rings is 2. The zero-order valence-corrected chi connectivity index (χ0v) is 23.1. The second kappa shape index (κ2) is 12.7. The van der Waals surface area contributed by atoms with E-state index in [1.54, 1.807) is 18.2 Å². The Balaban J connectivity index is 1.19. The van der Waals surface area contributed by atoms with Crippen molar-refractivity contribution < 1.29 is 13.9 Å². The summed E-state index contributed by atoms with van der Waals surface area (Å²) in [5, 5.41) is 2.83. The van der Waals surface area contributed by atoms with Crippen LogP contribution in [0.15, 0.2) is 76.6 Å². The third-order valence-electron chi connectivity index (χ3n) is 6.92. The number of alkyl carbamates (subject to hydrolysis) is 1. The minimum Gasteiger partial charge on any atom is -0.450 e. The smallest absolute Gasteiger partial charge is 0.407 e. The van der Waals surface area contributed by atoms with Crippen LogP contribution in [0, 0.1) is 11.7 Å². The fourth-order valence-electron chi connectivity index (χ4n) is 4.68. The number of carbonyl (C=O) groups excluding carboxylic acids is 1. The van der Waals surface area contributed by atoms with Gasteiger partial charge in [-0.1, -0.05) is 24.8 Å². The summed E-state index contributed by atoms with van der Waals surface area (Å²) in [7, 11) is 0. The summed E-state index contributed by atoms with van der Waals surface area (Å²) in [5.74, 6) is -0.139. The van der Waals surface area contributed by atoms with Gasteiger partial charge in [0.2, 0.25) is 0 Å². The zero-order valence-electron chi connectivity index (χ0n) is 23.1. The molecular weight excluding hydrogens is 493 g/mol. The van der Waals surface area contributed by atoms with Gasteiger partial charge in [-0.3, -0.25) is 9.98 Å². The van der Waals surface area contributed by atoms with Gasteiger partial charge < -0.3 is 14.6 Å². The minimum absolute atomic E-state index is 0.204. The zero-order chi connectivity index (χ0) is 27.9. The molecule has 0 bridgehead atoms. The molecule has 1 unspecified atom stereocenters. The van der Waals surface area contributed by atoms with E-state index in [1.165, 1.54) is 6.07 Å². The highest BCUT2D eigenvalue weighted by Gasteiger charge is 2.20. The number of aromatic nitrogens is 2. The first-order chi connectivity index (χ1) is 18.7. The fraction of sp³-hybridized carbons (Fsp3) is 0.355. The van der Waals surface area contributed by atoms with E-state index in [-0.39, 0.29) is 11.7 Å². The molecule has 1 amide bonds. The number of fused-ring (bicyclic) bond motifs is 1. The van der Waals surface area contributed by atoms with Crippen LogP contribution in [0.5, 0.6) is 0 Å². The Morgan fingerprint density at radius 3 is 2.79 bits per heavy atom. The molecule has 0 radical (unpaired) electrons. The van der Waals surface area contributed by atoms with E-state index in [1.807, 2.05) is 38.5 Å². The van der Waals surface area contributed by atoms with Crippen molar-refractivity contribution in [1.29, 1.82) is 0 Å². The van der Waals surface area contributed by atoms with Gasteiger partial charge in [0.05, 0.1) is 41.1 Å². The van der Waals surface area contributed by atoms with Gasteiger partial charge in [-0.05, 0) is 82.4 Å². The maximum atomic E-state index is 14.0. The first kappa shape index (κ1) is 28.0. The van der Waals surface area contributed by atoms with Crippen LogP contribution in [0.1, 0.15) is 64.1 Å².